The van der Waals surface area contributed by atoms with Crippen LogP contribution in [0, 0.1) is 12.7 Å². The van der Waals surface area contributed by atoms with E-state index in [1.807, 2.05) is 6.92 Å². The lowest BCUT2D eigenvalue weighted by Gasteiger charge is -2.08. The summed E-state index contributed by atoms with van der Waals surface area (Å²) in [6.07, 6.45) is 3.55. The molecular weight excluding hydrogens is 463 g/mol. The summed E-state index contributed by atoms with van der Waals surface area (Å²) in [5.41, 5.74) is 2.41. The van der Waals surface area contributed by atoms with Gasteiger partial charge in [-0.15, -0.1) is 11.3 Å². The van der Waals surface area contributed by atoms with Crippen molar-refractivity contribution in [3.8, 4) is 0 Å². The van der Waals surface area contributed by atoms with Gasteiger partial charge in [0, 0.05) is 29.3 Å². The molecule has 0 saturated heterocycles. The van der Waals surface area contributed by atoms with Gasteiger partial charge in [-0.3, -0.25) is 19.8 Å². The molecule has 7 nitrogen and oxygen atoms in total. The molecule has 0 bridgehead atoms. The molecule has 0 aliphatic heterocycles. The van der Waals surface area contributed by atoms with E-state index in [-0.39, 0.29) is 10.7 Å². The number of rotatable bonds is 7. The molecule has 0 radical (unpaired) electrons. The summed E-state index contributed by atoms with van der Waals surface area (Å²) in [7, 11) is -3.79. The summed E-state index contributed by atoms with van der Waals surface area (Å²) in [4.78, 5) is 21.9. The highest BCUT2D eigenvalue weighted by atomic mass is 32.2. The lowest BCUT2D eigenvalue weighted by Crippen LogP contribution is -2.14. The van der Waals surface area contributed by atoms with Crippen molar-refractivity contribution < 1.29 is 17.6 Å². The van der Waals surface area contributed by atoms with Crippen LogP contribution in [0.25, 0.3) is 0 Å². The second-order valence-corrected chi connectivity index (χ2v) is 9.92. The first-order valence-electron chi connectivity index (χ1n) is 9.85. The summed E-state index contributed by atoms with van der Waals surface area (Å²) in [5, 5.41) is 3.18. The number of benzene rings is 2. The number of nitrogens with zero attached hydrogens (tertiary/aromatic N) is 2. The Morgan fingerprint density at radius 1 is 1.00 bits per heavy atom. The summed E-state index contributed by atoms with van der Waals surface area (Å²) in [6, 6.07) is 14.9. The number of aryl methyl sites for hydroxylation is 1. The summed E-state index contributed by atoms with van der Waals surface area (Å²) >= 11 is 1.34. The van der Waals surface area contributed by atoms with E-state index in [1.54, 1.807) is 24.3 Å². The minimum Gasteiger partial charge on any atom is -0.298 e. The van der Waals surface area contributed by atoms with E-state index in [0.717, 1.165) is 16.1 Å². The van der Waals surface area contributed by atoms with Gasteiger partial charge < -0.3 is 0 Å². The molecule has 0 fully saturated rings. The smallest absolute Gasteiger partial charge is 0.261 e. The van der Waals surface area contributed by atoms with Crippen molar-refractivity contribution in [1.29, 1.82) is 0 Å². The second-order valence-electron chi connectivity index (χ2n) is 7.15. The van der Waals surface area contributed by atoms with E-state index in [9.17, 15) is 17.6 Å². The molecule has 2 aromatic heterocycles. The minimum atomic E-state index is -3.79. The second kappa shape index (κ2) is 9.47. The van der Waals surface area contributed by atoms with E-state index >= 15 is 0 Å². The Labute approximate surface area is 194 Å². The van der Waals surface area contributed by atoms with Gasteiger partial charge in [0.1, 0.15) is 5.82 Å². The zero-order chi connectivity index (χ0) is 23.4. The van der Waals surface area contributed by atoms with Gasteiger partial charge in [-0.05, 0) is 61.0 Å². The molecule has 4 aromatic rings. The van der Waals surface area contributed by atoms with Gasteiger partial charge in [-0.2, -0.15) is 0 Å². The highest BCUT2D eigenvalue weighted by molar-refractivity contribution is 7.92. The highest BCUT2D eigenvalue weighted by Crippen LogP contribution is 2.26. The SMILES string of the molecule is Cc1nc(NC(=O)c2ccc(S(=O)(=O)Nc3ccncc3)cc2)sc1Cc1ccc(F)cc1. The topological polar surface area (TPSA) is 101 Å². The van der Waals surface area contributed by atoms with Crippen LogP contribution in [-0.2, 0) is 16.4 Å². The molecule has 2 aromatic carbocycles. The molecule has 4 rings (SSSR count). The predicted molar refractivity (Wildman–Crippen MR) is 125 cm³/mol. The molecule has 0 saturated carbocycles. The quantitative estimate of drug-likeness (QED) is 0.400. The average molecular weight is 483 g/mol. The molecule has 0 atom stereocenters. The highest BCUT2D eigenvalue weighted by Gasteiger charge is 2.16. The van der Waals surface area contributed by atoms with Gasteiger partial charge in [0.2, 0.25) is 0 Å². The maximum atomic E-state index is 13.1. The Morgan fingerprint density at radius 3 is 2.33 bits per heavy atom. The number of thiazole rings is 1. The van der Waals surface area contributed by atoms with Crippen molar-refractivity contribution in [1.82, 2.24) is 9.97 Å². The molecule has 1 amide bonds. The van der Waals surface area contributed by atoms with Crippen molar-refractivity contribution in [2.75, 3.05) is 10.0 Å². The number of anilines is 2. The van der Waals surface area contributed by atoms with Gasteiger partial charge in [-0.25, -0.2) is 17.8 Å². The normalized spacial score (nSPS) is 11.2. The number of aromatic nitrogens is 2. The fraction of sp³-hybridized carbons (Fsp3) is 0.0870. The zero-order valence-corrected chi connectivity index (χ0v) is 19.1. The van der Waals surface area contributed by atoms with E-state index in [1.165, 1.54) is 60.1 Å². The maximum absolute atomic E-state index is 13.1. The van der Waals surface area contributed by atoms with Crippen LogP contribution in [0.4, 0.5) is 15.2 Å². The van der Waals surface area contributed by atoms with Crippen LogP contribution in [0.5, 0.6) is 0 Å². The summed E-state index contributed by atoms with van der Waals surface area (Å²) in [5.74, 6) is -0.692. The van der Waals surface area contributed by atoms with Gasteiger partial charge in [0.15, 0.2) is 5.13 Å². The fourth-order valence-corrected chi connectivity index (χ4v) is 5.07. The molecular formula is C23H19FN4O3S2. The van der Waals surface area contributed by atoms with Crippen LogP contribution in [-0.4, -0.2) is 24.3 Å². The number of halogens is 1. The van der Waals surface area contributed by atoms with Crippen LogP contribution < -0.4 is 10.0 Å². The van der Waals surface area contributed by atoms with Crippen LogP contribution >= 0.6 is 11.3 Å². The van der Waals surface area contributed by atoms with Gasteiger partial charge in [-0.1, -0.05) is 12.1 Å². The number of pyridine rings is 1. The number of nitrogens with one attached hydrogen (secondary N) is 2. The third-order valence-electron chi connectivity index (χ3n) is 4.75. The van der Waals surface area contributed by atoms with Crippen LogP contribution in [0.2, 0.25) is 0 Å². The van der Waals surface area contributed by atoms with Crippen molar-refractivity contribution in [3.63, 3.8) is 0 Å². The summed E-state index contributed by atoms with van der Waals surface area (Å²) < 4.78 is 40.6. The molecule has 33 heavy (non-hydrogen) atoms. The molecule has 0 spiro atoms. The first-order valence-corrected chi connectivity index (χ1v) is 12.2. The maximum Gasteiger partial charge on any atom is 0.261 e. The van der Waals surface area contributed by atoms with Crippen LogP contribution in [0.1, 0.15) is 26.5 Å². The first-order chi connectivity index (χ1) is 15.8. The lowest BCUT2D eigenvalue weighted by atomic mass is 10.1. The molecule has 168 valence electrons. The first kappa shape index (κ1) is 22.6. The number of hydrogen-bond donors (Lipinski definition) is 2. The lowest BCUT2D eigenvalue weighted by molar-refractivity contribution is 0.102. The average Bonchev–Trinajstić information content (AvgIpc) is 3.14. The van der Waals surface area contributed by atoms with E-state index in [4.69, 9.17) is 0 Å². The fourth-order valence-electron chi connectivity index (χ4n) is 3.02. The van der Waals surface area contributed by atoms with E-state index < -0.39 is 15.9 Å². The number of carbonyl (C=O) groups excluding carboxylic acids is 1. The van der Waals surface area contributed by atoms with Gasteiger partial charge >= 0.3 is 0 Å². The number of hydrogen-bond acceptors (Lipinski definition) is 6. The Bertz CT molecular complexity index is 1370. The molecule has 2 N–H and O–H groups in total. The van der Waals surface area contributed by atoms with Crippen molar-refractivity contribution in [3.05, 3.63) is 101 Å². The van der Waals surface area contributed by atoms with Gasteiger partial charge in [0.05, 0.1) is 16.3 Å². The van der Waals surface area contributed by atoms with E-state index in [2.05, 4.69) is 20.0 Å². The number of sulfonamides is 1. The largest absolute Gasteiger partial charge is 0.298 e. The molecule has 10 heteroatoms. The Morgan fingerprint density at radius 2 is 1.67 bits per heavy atom. The monoisotopic (exact) mass is 482 g/mol. The molecule has 0 aliphatic rings. The predicted octanol–water partition coefficient (Wildman–Crippen LogP) is 4.63. The molecule has 0 aliphatic carbocycles. The minimum absolute atomic E-state index is 0.0301. The van der Waals surface area contributed by atoms with Crippen LogP contribution in [0.15, 0.2) is 78.0 Å². The Kier molecular flexibility index (Phi) is 6.47. The standard InChI is InChI=1S/C23H19FN4O3S2/c1-15-21(14-16-2-6-18(24)7-3-16)32-23(26-15)27-22(29)17-4-8-20(9-5-17)33(30,31)28-19-10-12-25-13-11-19/h2-13H,14H2,1H3,(H,25,28)(H,26,27,29). The van der Waals surface area contributed by atoms with Crippen molar-refractivity contribution in [2.24, 2.45) is 0 Å². The Hall–Kier alpha value is -3.63. The van der Waals surface area contributed by atoms with Crippen LogP contribution in [0.3, 0.4) is 0 Å². The van der Waals surface area contributed by atoms with E-state index in [0.29, 0.717) is 22.8 Å². The molecule has 0 unspecified atom stereocenters. The van der Waals surface area contributed by atoms with Gasteiger partial charge in [0.25, 0.3) is 15.9 Å². The number of carbonyl (C=O) groups is 1. The zero-order valence-electron chi connectivity index (χ0n) is 17.4. The van der Waals surface area contributed by atoms with Crippen molar-refractivity contribution >= 4 is 38.1 Å². The third kappa shape index (κ3) is 5.60. The summed E-state index contributed by atoms with van der Waals surface area (Å²) in [6.45, 7) is 1.85. The molecule has 2 heterocycles. The van der Waals surface area contributed by atoms with Crippen molar-refractivity contribution in [2.45, 2.75) is 18.2 Å². The number of amides is 1. The Balaban J connectivity index is 1.43. The third-order valence-corrected chi connectivity index (χ3v) is 7.22.